The van der Waals surface area contributed by atoms with Crippen molar-refractivity contribution < 1.29 is 23.1 Å². The molecule has 1 amide bonds. The number of pyridine rings is 1. The molecule has 8 heteroatoms. The molecule has 114 valence electrons. The predicted molar refractivity (Wildman–Crippen MR) is 77.6 cm³/mol. The van der Waals surface area contributed by atoms with Crippen LogP contribution in [0.3, 0.4) is 0 Å². The van der Waals surface area contributed by atoms with Crippen molar-refractivity contribution >= 4 is 27.8 Å². The van der Waals surface area contributed by atoms with Gasteiger partial charge >= 0.3 is 5.97 Å². The summed E-state index contributed by atoms with van der Waals surface area (Å²) in [6.45, 7) is 1.57. The van der Waals surface area contributed by atoms with Gasteiger partial charge in [0.05, 0.1) is 5.75 Å². The molecule has 0 bridgehead atoms. The second-order valence-corrected chi connectivity index (χ2v) is 6.61. The number of hydrogen-bond donors (Lipinski definition) is 2. The molecule has 0 aliphatic rings. The molecule has 2 N–H and O–H groups in total. The highest BCUT2D eigenvalue weighted by molar-refractivity contribution is 7.91. The van der Waals surface area contributed by atoms with E-state index in [9.17, 15) is 18.0 Å². The molecular weight excluding hydrogens is 296 g/mol. The zero-order chi connectivity index (χ0) is 15.9. The molecule has 0 saturated heterocycles. The Balaban J connectivity index is 2.57. The quantitative estimate of drug-likeness (QED) is 0.702. The minimum absolute atomic E-state index is 0.0252. The van der Waals surface area contributed by atoms with Gasteiger partial charge in [0.25, 0.3) is 5.91 Å². The van der Waals surface area contributed by atoms with Crippen molar-refractivity contribution in [1.29, 1.82) is 0 Å². The number of nitrogens with one attached hydrogen (secondary N) is 1. The Kier molecular flexibility index (Phi) is 6.04. The second-order valence-electron chi connectivity index (χ2n) is 4.14. The first-order chi connectivity index (χ1) is 9.84. The van der Waals surface area contributed by atoms with E-state index >= 15 is 0 Å². The average molecular weight is 312 g/mol. The van der Waals surface area contributed by atoms with Crippen LogP contribution in [0.4, 0.5) is 0 Å². The largest absolute Gasteiger partial charge is 0.478 e. The van der Waals surface area contributed by atoms with Gasteiger partial charge in [-0.3, -0.25) is 9.78 Å². The lowest BCUT2D eigenvalue weighted by molar-refractivity contribution is -0.131. The van der Waals surface area contributed by atoms with Crippen LogP contribution < -0.4 is 5.32 Å². The third kappa shape index (κ3) is 6.17. The summed E-state index contributed by atoms with van der Waals surface area (Å²) in [7, 11) is -3.12. The van der Waals surface area contributed by atoms with E-state index in [4.69, 9.17) is 5.11 Å². The van der Waals surface area contributed by atoms with Gasteiger partial charge in [-0.1, -0.05) is 13.0 Å². The lowest BCUT2D eigenvalue weighted by Crippen LogP contribution is -2.30. The lowest BCUT2D eigenvalue weighted by Gasteiger charge is -2.05. The van der Waals surface area contributed by atoms with Gasteiger partial charge in [0.15, 0.2) is 9.84 Å². The monoisotopic (exact) mass is 312 g/mol. The van der Waals surface area contributed by atoms with Crippen molar-refractivity contribution in [2.24, 2.45) is 0 Å². The molecule has 0 saturated carbocycles. The summed E-state index contributed by atoms with van der Waals surface area (Å²) in [5.41, 5.74) is 0.680. The van der Waals surface area contributed by atoms with Gasteiger partial charge in [0, 0.05) is 24.6 Å². The Morgan fingerprint density at radius 2 is 2.10 bits per heavy atom. The Bertz CT molecular complexity index is 635. The van der Waals surface area contributed by atoms with Crippen molar-refractivity contribution in [1.82, 2.24) is 10.3 Å². The third-order valence-corrected chi connectivity index (χ3v) is 4.28. The summed E-state index contributed by atoms with van der Waals surface area (Å²) < 4.78 is 22.5. The SMILES string of the molecule is CCS(=O)(=O)CCNC(=O)c1ccc(/C=C/C(=O)O)cn1. The zero-order valence-corrected chi connectivity index (χ0v) is 12.3. The first-order valence-electron chi connectivity index (χ1n) is 6.20. The van der Waals surface area contributed by atoms with Crippen LogP contribution in [0.1, 0.15) is 23.0 Å². The zero-order valence-electron chi connectivity index (χ0n) is 11.4. The second kappa shape index (κ2) is 7.53. The van der Waals surface area contributed by atoms with E-state index in [1.165, 1.54) is 18.3 Å². The fourth-order valence-electron chi connectivity index (χ4n) is 1.36. The molecule has 1 aromatic heterocycles. The van der Waals surface area contributed by atoms with Crippen molar-refractivity contribution in [3.63, 3.8) is 0 Å². The van der Waals surface area contributed by atoms with E-state index in [0.717, 1.165) is 6.08 Å². The van der Waals surface area contributed by atoms with Gasteiger partial charge in [-0.15, -0.1) is 0 Å². The fraction of sp³-hybridized carbons (Fsp3) is 0.308. The summed E-state index contributed by atoms with van der Waals surface area (Å²) >= 11 is 0. The summed E-state index contributed by atoms with van der Waals surface area (Å²) in [5, 5.41) is 10.9. The Morgan fingerprint density at radius 1 is 1.38 bits per heavy atom. The highest BCUT2D eigenvalue weighted by atomic mass is 32.2. The van der Waals surface area contributed by atoms with E-state index < -0.39 is 21.7 Å². The lowest BCUT2D eigenvalue weighted by atomic mass is 10.2. The van der Waals surface area contributed by atoms with Gasteiger partial charge in [-0.05, 0) is 17.7 Å². The molecule has 0 spiro atoms. The van der Waals surface area contributed by atoms with E-state index in [0.29, 0.717) is 5.56 Å². The molecule has 0 atom stereocenters. The molecule has 0 unspecified atom stereocenters. The smallest absolute Gasteiger partial charge is 0.328 e. The Morgan fingerprint density at radius 3 is 2.62 bits per heavy atom. The summed E-state index contributed by atoms with van der Waals surface area (Å²) in [4.78, 5) is 26.0. The number of sulfone groups is 1. The summed E-state index contributed by atoms with van der Waals surface area (Å²) in [6.07, 6.45) is 3.67. The van der Waals surface area contributed by atoms with E-state index in [1.54, 1.807) is 13.0 Å². The van der Waals surface area contributed by atoms with Crippen LogP contribution in [-0.4, -0.2) is 48.4 Å². The average Bonchev–Trinajstić information content (AvgIpc) is 2.45. The number of carbonyl (C=O) groups excluding carboxylic acids is 1. The molecule has 1 aromatic rings. The first kappa shape index (κ1) is 16.8. The molecule has 0 fully saturated rings. The Labute approximate surface area is 122 Å². The highest BCUT2D eigenvalue weighted by Crippen LogP contribution is 2.02. The van der Waals surface area contributed by atoms with Crippen LogP contribution in [0.2, 0.25) is 0 Å². The number of amides is 1. The molecule has 0 aliphatic heterocycles. The van der Waals surface area contributed by atoms with Crippen LogP contribution in [0.25, 0.3) is 6.08 Å². The number of carboxylic acid groups (broad SMARTS) is 1. The van der Waals surface area contributed by atoms with Gasteiger partial charge in [0.2, 0.25) is 0 Å². The number of carbonyl (C=O) groups is 2. The van der Waals surface area contributed by atoms with Crippen LogP contribution in [-0.2, 0) is 14.6 Å². The summed E-state index contributed by atoms with van der Waals surface area (Å²) in [6, 6.07) is 2.98. The van der Waals surface area contributed by atoms with Gasteiger partial charge in [0.1, 0.15) is 5.69 Å². The fourth-order valence-corrected chi connectivity index (χ4v) is 2.06. The molecule has 0 radical (unpaired) electrons. The molecular formula is C13H16N2O5S. The first-order valence-corrected chi connectivity index (χ1v) is 8.02. The molecule has 1 heterocycles. The molecule has 7 nitrogen and oxygen atoms in total. The van der Waals surface area contributed by atoms with Crippen molar-refractivity contribution in [3.8, 4) is 0 Å². The van der Waals surface area contributed by atoms with Gasteiger partial charge in [-0.25, -0.2) is 13.2 Å². The maximum absolute atomic E-state index is 11.7. The normalized spacial score (nSPS) is 11.5. The number of nitrogens with zero attached hydrogens (tertiary/aromatic N) is 1. The molecule has 0 aliphatic carbocycles. The predicted octanol–water partition coefficient (Wildman–Crippen LogP) is 0.344. The number of aromatic nitrogens is 1. The highest BCUT2D eigenvalue weighted by Gasteiger charge is 2.10. The minimum atomic E-state index is -3.12. The van der Waals surface area contributed by atoms with Crippen LogP contribution in [0.15, 0.2) is 24.4 Å². The van der Waals surface area contributed by atoms with E-state index in [2.05, 4.69) is 10.3 Å². The maximum atomic E-state index is 11.7. The number of carboxylic acids is 1. The van der Waals surface area contributed by atoms with Crippen molar-refractivity contribution in [2.75, 3.05) is 18.1 Å². The van der Waals surface area contributed by atoms with Gasteiger partial charge in [-0.2, -0.15) is 0 Å². The molecule has 0 aromatic carbocycles. The number of aliphatic carboxylic acids is 1. The third-order valence-electron chi connectivity index (χ3n) is 2.58. The van der Waals surface area contributed by atoms with Gasteiger partial charge < -0.3 is 10.4 Å². The van der Waals surface area contributed by atoms with Crippen LogP contribution in [0.5, 0.6) is 0 Å². The van der Waals surface area contributed by atoms with Crippen molar-refractivity contribution in [2.45, 2.75) is 6.92 Å². The Hall–Kier alpha value is -2.22. The van der Waals surface area contributed by atoms with E-state index in [-0.39, 0.29) is 23.7 Å². The van der Waals surface area contributed by atoms with E-state index in [1.807, 2.05) is 0 Å². The summed E-state index contributed by atoms with van der Waals surface area (Å²) in [5.74, 6) is -1.63. The van der Waals surface area contributed by atoms with Crippen LogP contribution >= 0.6 is 0 Å². The minimum Gasteiger partial charge on any atom is -0.478 e. The standard InChI is InChI=1S/C13H16N2O5S/c1-2-21(19,20)8-7-14-13(18)11-5-3-10(9-15-11)4-6-12(16)17/h3-6,9H,2,7-8H2,1H3,(H,14,18)(H,16,17)/b6-4+. The van der Waals surface area contributed by atoms with Crippen molar-refractivity contribution in [3.05, 3.63) is 35.7 Å². The number of hydrogen-bond acceptors (Lipinski definition) is 5. The molecule has 1 rings (SSSR count). The molecule has 21 heavy (non-hydrogen) atoms. The number of rotatable bonds is 7. The van der Waals surface area contributed by atoms with Crippen LogP contribution in [0, 0.1) is 0 Å². The topological polar surface area (TPSA) is 113 Å². The maximum Gasteiger partial charge on any atom is 0.328 e.